The van der Waals surface area contributed by atoms with Crippen LogP contribution in [-0.2, 0) is 4.79 Å². The van der Waals surface area contributed by atoms with Gasteiger partial charge in [-0.25, -0.2) is 4.39 Å². The van der Waals surface area contributed by atoms with Crippen LogP contribution in [0.5, 0.6) is 11.5 Å². The quantitative estimate of drug-likeness (QED) is 0.808. The van der Waals surface area contributed by atoms with Crippen LogP contribution in [0.4, 0.5) is 4.39 Å². The highest BCUT2D eigenvalue weighted by Crippen LogP contribution is 2.20. The van der Waals surface area contributed by atoms with E-state index in [2.05, 4.69) is 5.32 Å². The van der Waals surface area contributed by atoms with Gasteiger partial charge in [0, 0.05) is 6.54 Å². The molecule has 0 saturated carbocycles. The number of aliphatic hydroxyl groups excluding tert-OH is 1. The second-order valence-corrected chi connectivity index (χ2v) is 6.07. The maximum Gasteiger partial charge on any atom is 0.263 e. The minimum atomic E-state index is -1.17. The summed E-state index contributed by atoms with van der Waals surface area (Å²) in [6.07, 6.45) is -0.850. The van der Waals surface area contributed by atoms with Gasteiger partial charge in [0.2, 0.25) is 0 Å². The molecule has 134 valence electrons. The Bertz CT molecular complexity index is 698. The number of amides is 1. The van der Waals surface area contributed by atoms with Crippen molar-refractivity contribution in [1.82, 2.24) is 5.32 Å². The predicted molar refractivity (Wildman–Crippen MR) is 92.1 cm³/mol. The van der Waals surface area contributed by atoms with E-state index in [0.29, 0.717) is 17.1 Å². The standard InChI is InChI=1S/C19H22FNO4/c1-19(2,25-16-10-6-14(20)7-11-16)18(23)21-12-17(22)13-4-8-15(24-3)9-5-13/h4-11,17,22H,12H2,1-3H3,(H,21,23). The third-order valence-electron chi connectivity index (χ3n) is 3.69. The molecule has 1 atom stereocenters. The van der Waals surface area contributed by atoms with E-state index in [-0.39, 0.29) is 18.3 Å². The molecule has 0 aliphatic rings. The number of aliphatic hydroxyl groups is 1. The lowest BCUT2D eigenvalue weighted by molar-refractivity contribution is -0.134. The van der Waals surface area contributed by atoms with Gasteiger partial charge in [-0.15, -0.1) is 0 Å². The zero-order valence-electron chi connectivity index (χ0n) is 14.5. The molecule has 1 unspecified atom stereocenters. The second-order valence-electron chi connectivity index (χ2n) is 6.07. The fourth-order valence-corrected chi connectivity index (χ4v) is 2.19. The highest BCUT2D eigenvalue weighted by atomic mass is 19.1. The number of hydrogen-bond acceptors (Lipinski definition) is 4. The third kappa shape index (κ3) is 5.19. The number of benzene rings is 2. The molecule has 0 aliphatic carbocycles. The van der Waals surface area contributed by atoms with Crippen LogP contribution in [0, 0.1) is 5.82 Å². The topological polar surface area (TPSA) is 67.8 Å². The number of hydrogen-bond donors (Lipinski definition) is 2. The lowest BCUT2D eigenvalue weighted by Gasteiger charge is -2.26. The highest BCUT2D eigenvalue weighted by Gasteiger charge is 2.30. The molecule has 5 nitrogen and oxygen atoms in total. The third-order valence-corrected chi connectivity index (χ3v) is 3.69. The minimum absolute atomic E-state index is 0.0430. The summed E-state index contributed by atoms with van der Waals surface area (Å²) in [7, 11) is 1.56. The Hall–Kier alpha value is -2.60. The number of carbonyl (C=O) groups excluding carboxylic acids is 1. The average Bonchev–Trinajstić information content (AvgIpc) is 2.61. The van der Waals surface area contributed by atoms with Crippen LogP contribution < -0.4 is 14.8 Å². The van der Waals surface area contributed by atoms with Gasteiger partial charge in [0.15, 0.2) is 5.60 Å². The minimum Gasteiger partial charge on any atom is -0.497 e. The van der Waals surface area contributed by atoms with E-state index in [4.69, 9.17) is 9.47 Å². The van der Waals surface area contributed by atoms with Crippen molar-refractivity contribution in [2.75, 3.05) is 13.7 Å². The summed E-state index contributed by atoms with van der Waals surface area (Å²) >= 11 is 0. The maximum atomic E-state index is 12.9. The van der Waals surface area contributed by atoms with Gasteiger partial charge in [0.25, 0.3) is 5.91 Å². The van der Waals surface area contributed by atoms with Crippen LogP contribution in [0.1, 0.15) is 25.5 Å². The molecule has 0 spiro atoms. The van der Waals surface area contributed by atoms with Gasteiger partial charge in [-0.1, -0.05) is 12.1 Å². The number of halogens is 1. The Balaban J connectivity index is 1.91. The fourth-order valence-electron chi connectivity index (χ4n) is 2.19. The number of rotatable bonds is 7. The molecule has 0 fully saturated rings. The molecule has 2 rings (SSSR count). The van der Waals surface area contributed by atoms with E-state index >= 15 is 0 Å². The van der Waals surface area contributed by atoms with Crippen LogP contribution in [0.25, 0.3) is 0 Å². The van der Waals surface area contributed by atoms with Gasteiger partial charge < -0.3 is 19.9 Å². The first-order chi connectivity index (χ1) is 11.8. The predicted octanol–water partition coefficient (Wildman–Crippen LogP) is 2.84. The van der Waals surface area contributed by atoms with Crippen LogP contribution in [0.2, 0.25) is 0 Å². The molecule has 2 N–H and O–H groups in total. The molecule has 0 saturated heterocycles. The fraction of sp³-hybridized carbons (Fsp3) is 0.316. The summed E-state index contributed by atoms with van der Waals surface area (Å²) in [5, 5.41) is 12.8. The van der Waals surface area contributed by atoms with Crippen molar-refractivity contribution in [1.29, 1.82) is 0 Å². The number of nitrogens with one attached hydrogen (secondary N) is 1. The largest absolute Gasteiger partial charge is 0.497 e. The molecule has 2 aromatic carbocycles. The first-order valence-electron chi connectivity index (χ1n) is 7.87. The molecular formula is C19H22FNO4. The van der Waals surface area contributed by atoms with Crippen LogP contribution in [-0.4, -0.2) is 30.3 Å². The van der Waals surface area contributed by atoms with Crippen molar-refractivity contribution in [2.45, 2.75) is 25.6 Å². The van der Waals surface area contributed by atoms with Crippen molar-refractivity contribution in [3.63, 3.8) is 0 Å². The lowest BCUT2D eigenvalue weighted by Crippen LogP contribution is -2.47. The average molecular weight is 347 g/mol. The number of carbonyl (C=O) groups is 1. The SMILES string of the molecule is COc1ccc(C(O)CNC(=O)C(C)(C)Oc2ccc(F)cc2)cc1. The first kappa shape index (κ1) is 18.7. The molecule has 25 heavy (non-hydrogen) atoms. The highest BCUT2D eigenvalue weighted by molar-refractivity contribution is 5.84. The Morgan fingerprint density at radius 2 is 1.68 bits per heavy atom. The Labute approximate surface area is 146 Å². The van der Waals surface area contributed by atoms with Crippen molar-refractivity contribution in [3.05, 3.63) is 59.9 Å². The van der Waals surface area contributed by atoms with Crippen molar-refractivity contribution in [2.24, 2.45) is 0 Å². The molecule has 2 aromatic rings. The van der Waals surface area contributed by atoms with Crippen LogP contribution in [0.3, 0.4) is 0 Å². The Morgan fingerprint density at radius 3 is 2.24 bits per heavy atom. The van der Waals surface area contributed by atoms with Crippen molar-refractivity contribution in [3.8, 4) is 11.5 Å². The normalized spacial score (nSPS) is 12.4. The maximum absolute atomic E-state index is 12.9. The zero-order valence-corrected chi connectivity index (χ0v) is 14.5. The van der Waals surface area contributed by atoms with Crippen molar-refractivity contribution >= 4 is 5.91 Å². The monoisotopic (exact) mass is 347 g/mol. The Kier molecular flexibility index (Phi) is 5.98. The van der Waals surface area contributed by atoms with E-state index in [1.807, 2.05) is 0 Å². The molecule has 6 heteroatoms. The van der Waals surface area contributed by atoms with Gasteiger partial charge in [-0.3, -0.25) is 4.79 Å². The molecule has 0 aromatic heterocycles. The van der Waals surface area contributed by atoms with Gasteiger partial charge in [0.1, 0.15) is 17.3 Å². The van der Waals surface area contributed by atoms with E-state index in [0.717, 1.165) is 0 Å². The van der Waals surface area contributed by atoms with Crippen LogP contribution >= 0.6 is 0 Å². The summed E-state index contributed by atoms with van der Waals surface area (Å²) in [6, 6.07) is 12.4. The Morgan fingerprint density at radius 1 is 1.12 bits per heavy atom. The lowest BCUT2D eigenvalue weighted by atomic mass is 10.1. The second kappa shape index (κ2) is 7.98. The number of ether oxygens (including phenoxy) is 2. The zero-order chi connectivity index (χ0) is 18.4. The summed E-state index contributed by atoms with van der Waals surface area (Å²) in [5.41, 5.74) is -0.504. The smallest absolute Gasteiger partial charge is 0.263 e. The summed E-state index contributed by atoms with van der Waals surface area (Å²) in [6.45, 7) is 3.25. The van der Waals surface area contributed by atoms with E-state index < -0.39 is 11.7 Å². The molecular weight excluding hydrogens is 325 g/mol. The van der Waals surface area contributed by atoms with Gasteiger partial charge in [0.05, 0.1) is 13.2 Å². The van der Waals surface area contributed by atoms with Gasteiger partial charge in [-0.2, -0.15) is 0 Å². The molecule has 1 amide bonds. The van der Waals surface area contributed by atoms with E-state index in [9.17, 15) is 14.3 Å². The molecule has 0 radical (unpaired) electrons. The summed E-state index contributed by atoms with van der Waals surface area (Å²) in [4.78, 5) is 12.3. The van der Waals surface area contributed by atoms with Crippen LogP contribution in [0.15, 0.2) is 48.5 Å². The molecule has 0 bridgehead atoms. The van der Waals surface area contributed by atoms with E-state index in [1.54, 1.807) is 45.2 Å². The number of methoxy groups -OCH3 is 1. The summed E-state index contributed by atoms with van der Waals surface area (Å²) < 4.78 is 23.6. The summed E-state index contributed by atoms with van der Waals surface area (Å²) in [5.74, 6) is 0.313. The van der Waals surface area contributed by atoms with Gasteiger partial charge in [-0.05, 0) is 55.8 Å². The molecule has 0 heterocycles. The van der Waals surface area contributed by atoms with Gasteiger partial charge >= 0.3 is 0 Å². The first-order valence-corrected chi connectivity index (χ1v) is 7.87. The van der Waals surface area contributed by atoms with Crippen molar-refractivity contribution < 1.29 is 23.8 Å². The molecule has 0 aliphatic heterocycles. The van der Waals surface area contributed by atoms with E-state index in [1.165, 1.54) is 24.3 Å².